The van der Waals surface area contributed by atoms with E-state index in [4.69, 9.17) is 0 Å². The van der Waals surface area contributed by atoms with E-state index < -0.39 is 34.2 Å². The Labute approximate surface area is 193 Å². The summed E-state index contributed by atoms with van der Waals surface area (Å²) in [7, 11) is 0. The van der Waals surface area contributed by atoms with Crippen molar-refractivity contribution in [1.82, 2.24) is 10.2 Å². The minimum absolute atomic E-state index is 0.00829. The smallest absolute Gasteiger partial charge is 0.244 e. The van der Waals surface area contributed by atoms with Gasteiger partial charge in [-0.05, 0) is 52.2 Å². The molecule has 7 nitrogen and oxygen atoms in total. The molecule has 1 spiro atoms. The molecule has 1 aromatic carbocycles. The second-order valence-corrected chi connectivity index (χ2v) is 11.7. The normalized spacial score (nSPS) is 32.0. The Morgan fingerprint density at radius 3 is 2.53 bits per heavy atom. The van der Waals surface area contributed by atoms with Gasteiger partial charge in [-0.25, -0.2) is 0 Å². The maximum absolute atomic E-state index is 13.8. The van der Waals surface area contributed by atoms with Gasteiger partial charge < -0.3 is 20.6 Å². The van der Waals surface area contributed by atoms with Crippen LogP contribution in [0.4, 0.5) is 5.69 Å². The molecule has 0 saturated carbocycles. The number of thioether (sulfide) groups is 1. The van der Waals surface area contributed by atoms with E-state index in [9.17, 15) is 19.5 Å². The van der Waals surface area contributed by atoms with Gasteiger partial charge in [0.25, 0.3) is 0 Å². The molecule has 3 N–H and O–H groups in total. The third-order valence-corrected chi connectivity index (χ3v) is 8.86. The first-order chi connectivity index (χ1) is 15.1. The van der Waals surface area contributed by atoms with Crippen molar-refractivity contribution in [3.05, 3.63) is 30.3 Å². The molecular formula is C24H33N3O4S. The fourth-order valence-electron chi connectivity index (χ4n) is 5.68. The number of rotatable bonds is 6. The molecular weight excluding hydrogens is 426 g/mol. The van der Waals surface area contributed by atoms with Crippen molar-refractivity contribution in [2.45, 2.75) is 74.6 Å². The lowest BCUT2D eigenvalue weighted by atomic mass is 9.70. The largest absolute Gasteiger partial charge is 0.394 e. The van der Waals surface area contributed by atoms with Crippen LogP contribution in [0, 0.1) is 11.8 Å². The molecule has 0 aliphatic carbocycles. The van der Waals surface area contributed by atoms with Crippen LogP contribution in [0.3, 0.4) is 0 Å². The van der Waals surface area contributed by atoms with E-state index >= 15 is 0 Å². The Morgan fingerprint density at radius 2 is 1.94 bits per heavy atom. The number of aliphatic hydroxyl groups is 1. The third-order valence-electron chi connectivity index (χ3n) is 6.90. The first kappa shape index (κ1) is 23.1. The van der Waals surface area contributed by atoms with E-state index in [-0.39, 0.29) is 29.6 Å². The van der Waals surface area contributed by atoms with E-state index in [0.717, 1.165) is 6.42 Å². The summed E-state index contributed by atoms with van der Waals surface area (Å²) < 4.78 is -0.641. The lowest BCUT2D eigenvalue weighted by Crippen LogP contribution is -2.59. The summed E-state index contributed by atoms with van der Waals surface area (Å²) in [6, 6.07) is 8.11. The predicted molar refractivity (Wildman–Crippen MR) is 125 cm³/mol. The number of nitrogens with one attached hydrogen (secondary N) is 2. The Balaban J connectivity index is 1.71. The van der Waals surface area contributed by atoms with Gasteiger partial charge in [-0.1, -0.05) is 25.1 Å². The van der Waals surface area contributed by atoms with Gasteiger partial charge in [0.1, 0.15) is 6.04 Å². The maximum Gasteiger partial charge on any atom is 0.244 e. The Morgan fingerprint density at radius 1 is 1.25 bits per heavy atom. The Kier molecular flexibility index (Phi) is 6.05. The zero-order chi connectivity index (χ0) is 23.3. The van der Waals surface area contributed by atoms with E-state index in [1.54, 1.807) is 16.7 Å². The second kappa shape index (κ2) is 8.37. The van der Waals surface area contributed by atoms with Crippen LogP contribution in [0.5, 0.6) is 0 Å². The Hall–Kier alpha value is -2.06. The van der Waals surface area contributed by atoms with Gasteiger partial charge in [-0.15, -0.1) is 11.8 Å². The van der Waals surface area contributed by atoms with Crippen LogP contribution < -0.4 is 10.6 Å². The Bertz CT molecular complexity index is 898. The molecule has 2 unspecified atom stereocenters. The number of amides is 3. The number of anilines is 1. The number of fused-ring (bicyclic) bond motifs is 1. The van der Waals surface area contributed by atoms with Crippen LogP contribution in [-0.4, -0.2) is 62.0 Å². The van der Waals surface area contributed by atoms with Crippen molar-refractivity contribution >= 4 is 35.2 Å². The SMILES string of the molecule is CC[C@@H](CO)N1C(=O)[C@@H]2[C@@H](C(=O)Nc3ccccc3)[C@H]3CCC2(S3)C1C(=O)NC(C)(C)C. The molecule has 32 heavy (non-hydrogen) atoms. The average Bonchev–Trinajstić information content (AvgIpc) is 3.36. The van der Waals surface area contributed by atoms with Crippen molar-refractivity contribution in [3.63, 3.8) is 0 Å². The van der Waals surface area contributed by atoms with E-state index in [1.807, 2.05) is 58.0 Å². The molecule has 0 aromatic heterocycles. The number of likely N-dealkylation sites (tertiary alicyclic amines) is 1. The summed E-state index contributed by atoms with van der Waals surface area (Å²) in [6.45, 7) is 7.45. The van der Waals surface area contributed by atoms with Gasteiger partial charge in [-0.2, -0.15) is 0 Å². The molecule has 2 bridgehead atoms. The molecule has 3 heterocycles. The van der Waals surface area contributed by atoms with Gasteiger partial charge in [0.2, 0.25) is 17.7 Å². The molecule has 3 saturated heterocycles. The highest BCUT2D eigenvalue weighted by atomic mass is 32.2. The van der Waals surface area contributed by atoms with Gasteiger partial charge in [0.15, 0.2) is 0 Å². The summed E-state index contributed by atoms with van der Waals surface area (Å²) >= 11 is 1.64. The highest BCUT2D eigenvalue weighted by molar-refractivity contribution is 8.02. The molecule has 3 aliphatic heterocycles. The number of para-hydroxylation sites is 1. The minimum atomic E-state index is -0.694. The summed E-state index contributed by atoms with van der Waals surface area (Å²) in [6.07, 6.45) is 2.05. The second-order valence-electron chi connectivity index (χ2n) is 10.1. The standard InChI is InChI=1S/C24H33N3O4S/c1-5-15(13-28)27-19(21(30)26-23(2,3)4)24-12-11-16(32-24)17(18(24)22(27)31)20(29)25-14-9-7-6-8-10-14/h6-10,15-19,28H,5,11-13H2,1-4H3,(H,25,29)(H,26,30)/t15-,16+,17-,18-,19?,24?/m0/s1. The van der Waals surface area contributed by atoms with Gasteiger partial charge in [-0.3, -0.25) is 14.4 Å². The van der Waals surface area contributed by atoms with Crippen molar-refractivity contribution < 1.29 is 19.5 Å². The van der Waals surface area contributed by atoms with Crippen LogP contribution in [0.25, 0.3) is 0 Å². The summed E-state index contributed by atoms with van der Waals surface area (Å²) in [4.78, 5) is 42.3. The molecule has 174 valence electrons. The fraction of sp³-hybridized carbons (Fsp3) is 0.625. The lowest BCUT2D eigenvalue weighted by Gasteiger charge is -2.38. The number of nitrogens with zero attached hydrogens (tertiary/aromatic N) is 1. The number of aliphatic hydroxyl groups excluding tert-OH is 1. The van der Waals surface area contributed by atoms with Crippen molar-refractivity contribution in [2.24, 2.45) is 11.8 Å². The van der Waals surface area contributed by atoms with Crippen LogP contribution in [0.2, 0.25) is 0 Å². The number of carbonyl (C=O) groups is 3. The maximum atomic E-state index is 13.8. The third kappa shape index (κ3) is 3.71. The minimum Gasteiger partial charge on any atom is -0.394 e. The number of hydrogen-bond donors (Lipinski definition) is 3. The quantitative estimate of drug-likeness (QED) is 0.607. The van der Waals surface area contributed by atoms with Gasteiger partial charge in [0.05, 0.1) is 29.2 Å². The summed E-state index contributed by atoms with van der Waals surface area (Å²) in [5.41, 5.74) is 0.248. The number of carbonyl (C=O) groups excluding carboxylic acids is 3. The topological polar surface area (TPSA) is 98.7 Å². The zero-order valence-corrected chi connectivity index (χ0v) is 19.9. The molecule has 3 aliphatic rings. The highest BCUT2D eigenvalue weighted by Gasteiger charge is 2.74. The molecule has 1 aromatic rings. The van der Waals surface area contributed by atoms with Crippen molar-refractivity contribution in [2.75, 3.05) is 11.9 Å². The van der Waals surface area contributed by atoms with Gasteiger partial charge >= 0.3 is 0 Å². The monoisotopic (exact) mass is 459 g/mol. The van der Waals surface area contributed by atoms with E-state index in [2.05, 4.69) is 10.6 Å². The number of hydrogen-bond acceptors (Lipinski definition) is 5. The molecule has 6 atom stereocenters. The zero-order valence-electron chi connectivity index (χ0n) is 19.1. The molecule has 8 heteroatoms. The van der Waals surface area contributed by atoms with Crippen LogP contribution >= 0.6 is 11.8 Å². The average molecular weight is 460 g/mol. The molecule has 4 rings (SSSR count). The molecule has 3 amide bonds. The van der Waals surface area contributed by atoms with Crippen molar-refractivity contribution in [1.29, 1.82) is 0 Å². The highest BCUT2D eigenvalue weighted by Crippen LogP contribution is 2.66. The van der Waals surface area contributed by atoms with E-state index in [0.29, 0.717) is 18.5 Å². The lowest BCUT2D eigenvalue weighted by molar-refractivity contribution is -0.142. The fourth-order valence-corrected chi connectivity index (χ4v) is 7.89. The number of benzene rings is 1. The van der Waals surface area contributed by atoms with Crippen LogP contribution in [0.15, 0.2) is 30.3 Å². The summed E-state index contributed by atoms with van der Waals surface area (Å²) in [5, 5.41) is 16.1. The summed E-state index contributed by atoms with van der Waals surface area (Å²) in [5.74, 6) is -1.60. The van der Waals surface area contributed by atoms with Gasteiger partial charge in [0, 0.05) is 16.5 Å². The molecule has 0 radical (unpaired) electrons. The van der Waals surface area contributed by atoms with Crippen LogP contribution in [-0.2, 0) is 14.4 Å². The van der Waals surface area contributed by atoms with E-state index in [1.165, 1.54) is 0 Å². The first-order valence-electron chi connectivity index (χ1n) is 11.4. The molecule has 3 fully saturated rings. The first-order valence-corrected chi connectivity index (χ1v) is 12.3. The van der Waals surface area contributed by atoms with Crippen molar-refractivity contribution in [3.8, 4) is 0 Å². The predicted octanol–water partition coefficient (Wildman–Crippen LogP) is 2.40. The van der Waals surface area contributed by atoms with Crippen LogP contribution in [0.1, 0.15) is 47.0 Å².